The Morgan fingerprint density at radius 2 is 2.08 bits per heavy atom. The van der Waals surface area contributed by atoms with Gasteiger partial charge in [-0.05, 0) is 31.2 Å². The molecule has 128 valence electrons. The molecule has 0 fully saturated rings. The minimum Gasteiger partial charge on any atom is -0.481 e. The van der Waals surface area contributed by atoms with E-state index in [1.807, 2.05) is 23.6 Å². The van der Waals surface area contributed by atoms with Gasteiger partial charge < -0.3 is 15.8 Å². The Kier molecular flexibility index (Phi) is 5.21. The summed E-state index contributed by atoms with van der Waals surface area (Å²) >= 11 is 7.43. The molecule has 5 nitrogen and oxygen atoms in total. The Hall–Kier alpha value is -2.57. The number of aromatic nitrogens is 1. The van der Waals surface area contributed by atoms with Gasteiger partial charge in [0.2, 0.25) is 0 Å². The van der Waals surface area contributed by atoms with Crippen LogP contribution in [0.15, 0.2) is 53.9 Å². The van der Waals surface area contributed by atoms with E-state index in [9.17, 15) is 4.79 Å². The number of carbonyl (C=O) groups excluding carboxylic acids is 1. The summed E-state index contributed by atoms with van der Waals surface area (Å²) in [5, 5.41) is 5.62. The fourth-order valence-electron chi connectivity index (χ4n) is 2.20. The highest BCUT2D eigenvalue weighted by Crippen LogP contribution is 2.27. The standard InChI is InChI=1S/C18H16ClN3O2S/c1-11(17(23)21-15-8-3-2-7-14(15)19)24-13-6-4-5-12(9-13)16-10-25-18(20)22-16/h2-11H,1H3,(H2,20,22)(H,21,23). The van der Waals surface area contributed by atoms with Gasteiger partial charge in [0, 0.05) is 10.9 Å². The Morgan fingerprint density at radius 1 is 1.28 bits per heavy atom. The number of hydrogen-bond donors (Lipinski definition) is 2. The molecular weight excluding hydrogens is 358 g/mol. The Balaban J connectivity index is 1.69. The van der Waals surface area contributed by atoms with Crippen molar-refractivity contribution in [3.8, 4) is 17.0 Å². The number of nitrogens with zero attached hydrogens (tertiary/aromatic N) is 1. The van der Waals surface area contributed by atoms with E-state index in [-0.39, 0.29) is 5.91 Å². The SMILES string of the molecule is CC(Oc1cccc(-c2csc(N)n2)c1)C(=O)Nc1ccccc1Cl. The Morgan fingerprint density at radius 3 is 2.80 bits per heavy atom. The lowest BCUT2D eigenvalue weighted by Gasteiger charge is -2.15. The molecule has 0 bridgehead atoms. The van der Waals surface area contributed by atoms with E-state index >= 15 is 0 Å². The van der Waals surface area contributed by atoms with E-state index in [1.54, 1.807) is 37.3 Å². The number of nitrogen functional groups attached to an aromatic ring is 1. The molecule has 25 heavy (non-hydrogen) atoms. The first-order valence-electron chi connectivity index (χ1n) is 7.56. The Labute approximate surface area is 154 Å². The summed E-state index contributed by atoms with van der Waals surface area (Å²) in [7, 11) is 0. The second-order valence-corrected chi connectivity index (χ2v) is 6.62. The molecule has 0 saturated heterocycles. The highest BCUT2D eigenvalue weighted by atomic mass is 35.5. The van der Waals surface area contributed by atoms with E-state index in [0.717, 1.165) is 11.3 Å². The molecule has 0 aliphatic carbocycles. The van der Waals surface area contributed by atoms with Crippen molar-refractivity contribution < 1.29 is 9.53 Å². The topological polar surface area (TPSA) is 77.2 Å². The van der Waals surface area contributed by atoms with Crippen LogP contribution in [0.2, 0.25) is 5.02 Å². The van der Waals surface area contributed by atoms with Crippen molar-refractivity contribution in [1.29, 1.82) is 0 Å². The average molecular weight is 374 g/mol. The maximum atomic E-state index is 12.3. The minimum atomic E-state index is -0.688. The third-order valence-corrected chi connectivity index (χ3v) is 4.47. The number of nitrogens with one attached hydrogen (secondary N) is 1. The van der Waals surface area contributed by atoms with Crippen LogP contribution in [0.1, 0.15) is 6.92 Å². The summed E-state index contributed by atoms with van der Waals surface area (Å²) in [5.41, 5.74) is 7.88. The molecular formula is C18H16ClN3O2S. The van der Waals surface area contributed by atoms with Crippen LogP contribution in [-0.4, -0.2) is 17.0 Å². The maximum Gasteiger partial charge on any atom is 0.265 e. The van der Waals surface area contributed by atoms with Gasteiger partial charge in [-0.2, -0.15) is 0 Å². The molecule has 1 heterocycles. The fraction of sp³-hybridized carbons (Fsp3) is 0.111. The zero-order valence-electron chi connectivity index (χ0n) is 13.4. The van der Waals surface area contributed by atoms with Crippen molar-refractivity contribution in [1.82, 2.24) is 4.98 Å². The minimum absolute atomic E-state index is 0.281. The molecule has 0 aliphatic heterocycles. The maximum absolute atomic E-state index is 12.3. The van der Waals surface area contributed by atoms with Crippen molar-refractivity contribution in [3.05, 3.63) is 58.9 Å². The zero-order valence-corrected chi connectivity index (χ0v) is 15.0. The molecule has 7 heteroatoms. The van der Waals surface area contributed by atoms with E-state index in [2.05, 4.69) is 10.3 Å². The van der Waals surface area contributed by atoms with Crippen molar-refractivity contribution >= 4 is 39.7 Å². The number of benzene rings is 2. The number of amides is 1. The largest absolute Gasteiger partial charge is 0.481 e. The van der Waals surface area contributed by atoms with Crippen LogP contribution in [0.25, 0.3) is 11.3 Å². The monoisotopic (exact) mass is 373 g/mol. The molecule has 1 amide bonds. The molecule has 0 aliphatic rings. The van der Waals surface area contributed by atoms with E-state index in [1.165, 1.54) is 11.3 Å². The number of halogens is 1. The molecule has 0 saturated carbocycles. The summed E-state index contributed by atoms with van der Waals surface area (Å²) in [4.78, 5) is 16.6. The lowest BCUT2D eigenvalue weighted by molar-refractivity contribution is -0.122. The Bertz CT molecular complexity index is 897. The van der Waals surface area contributed by atoms with Crippen molar-refractivity contribution in [2.45, 2.75) is 13.0 Å². The normalized spacial score (nSPS) is 11.8. The average Bonchev–Trinajstić information content (AvgIpc) is 3.03. The molecule has 3 N–H and O–H groups in total. The predicted molar refractivity (Wildman–Crippen MR) is 102 cm³/mol. The van der Waals surface area contributed by atoms with Gasteiger partial charge in [0.25, 0.3) is 5.91 Å². The van der Waals surface area contributed by atoms with Crippen molar-refractivity contribution in [2.75, 3.05) is 11.1 Å². The van der Waals surface area contributed by atoms with Crippen LogP contribution in [0.3, 0.4) is 0 Å². The molecule has 2 aromatic carbocycles. The van der Waals surface area contributed by atoms with Crippen LogP contribution >= 0.6 is 22.9 Å². The smallest absolute Gasteiger partial charge is 0.265 e. The second kappa shape index (κ2) is 7.55. The van der Waals surface area contributed by atoms with Gasteiger partial charge in [0.15, 0.2) is 11.2 Å². The highest BCUT2D eigenvalue weighted by molar-refractivity contribution is 7.13. The second-order valence-electron chi connectivity index (χ2n) is 5.33. The first-order chi connectivity index (χ1) is 12.0. The van der Waals surface area contributed by atoms with Gasteiger partial charge >= 0.3 is 0 Å². The summed E-state index contributed by atoms with van der Waals surface area (Å²) in [5.74, 6) is 0.294. The van der Waals surface area contributed by atoms with Crippen molar-refractivity contribution in [2.24, 2.45) is 0 Å². The summed E-state index contributed by atoms with van der Waals surface area (Å²) < 4.78 is 5.75. The first kappa shape index (κ1) is 17.3. The van der Waals surface area contributed by atoms with E-state index < -0.39 is 6.10 Å². The third-order valence-electron chi connectivity index (χ3n) is 3.47. The number of rotatable bonds is 5. The van der Waals surface area contributed by atoms with Crippen LogP contribution < -0.4 is 15.8 Å². The molecule has 3 aromatic rings. The fourth-order valence-corrected chi connectivity index (χ4v) is 2.96. The van der Waals surface area contributed by atoms with Gasteiger partial charge in [-0.1, -0.05) is 35.9 Å². The number of hydrogen-bond acceptors (Lipinski definition) is 5. The lowest BCUT2D eigenvalue weighted by atomic mass is 10.1. The number of ether oxygens (including phenoxy) is 1. The zero-order chi connectivity index (χ0) is 17.8. The number of para-hydroxylation sites is 1. The molecule has 1 atom stereocenters. The summed E-state index contributed by atoms with van der Waals surface area (Å²) in [6.07, 6.45) is -0.688. The molecule has 0 radical (unpaired) electrons. The molecule has 1 aromatic heterocycles. The molecule has 1 unspecified atom stereocenters. The van der Waals surface area contributed by atoms with E-state index in [4.69, 9.17) is 22.1 Å². The van der Waals surface area contributed by atoms with Crippen molar-refractivity contribution in [3.63, 3.8) is 0 Å². The van der Waals surface area contributed by atoms with E-state index in [0.29, 0.717) is 21.6 Å². The number of carbonyl (C=O) groups is 1. The summed E-state index contributed by atoms with van der Waals surface area (Å²) in [6, 6.07) is 14.4. The molecule has 3 rings (SSSR count). The first-order valence-corrected chi connectivity index (χ1v) is 8.82. The van der Waals surface area contributed by atoms with Gasteiger partial charge in [-0.3, -0.25) is 4.79 Å². The third kappa shape index (κ3) is 4.29. The van der Waals surface area contributed by atoms with Crippen LogP contribution in [0, 0.1) is 0 Å². The highest BCUT2D eigenvalue weighted by Gasteiger charge is 2.16. The van der Waals surface area contributed by atoms with Gasteiger partial charge in [-0.25, -0.2) is 4.98 Å². The number of anilines is 2. The van der Waals surface area contributed by atoms with Gasteiger partial charge in [-0.15, -0.1) is 11.3 Å². The number of nitrogens with two attached hydrogens (primary N) is 1. The molecule has 0 spiro atoms. The quantitative estimate of drug-likeness (QED) is 0.692. The van der Waals surface area contributed by atoms with Gasteiger partial charge in [0.1, 0.15) is 5.75 Å². The van der Waals surface area contributed by atoms with Crippen LogP contribution in [0.4, 0.5) is 10.8 Å². The number of thiazole rings is 1. The summed E-state index contributed by atoms with van der Waals surface area (Å²) in [6.45, 7) is 1.68. The van der Waals surface area contributed by atoms with Crippen LogP contribution in [-0.2, 0) is 4.79 Å². The van der Waals surface area contributed by atoms with Gasteiger partial charge in [0.05, 0.1) is 16.4 Å². The lowest BCUT2D eigenvalue weighted by Crippen LogP contribution is -2.30. The predicted octanol–water partition coefficient (Wildman–Crippen LogP) is 4.45. The van der Waals surface area contributed by atoms with Crippen LogP contribution in [0.5, 0.6) is 5.75 Å².